The Labute approximate surface area is 118 Å². The predicted octanol–water partition coefficient (Wildman–Crippen LogP) is 2.36. The van der Waals surface area contributed by atoms with Crippen LogP contribution in [0.5, 0.6) is 0 Å². The van der Waals surface area contributed by atoms with Crippen LogP contribution in [0, 0.1) is 5.92 Å². The van der Waals surface area contributed by atoms with Gasteiger partial charge in [0.25, 0.3) is 5.91 Å². The van der Waals surface area contributed by atoms with Gasteiger partial charge in [-0.15, -0.1) is 11.3 Å². The maximum atomic E-state index is 11.4. The van der Waals surface area contributed by atoms with E-state index in [4.69, 9.17) is 5.84 Å². The fraction of sp³-hybridized carbons (Fsp3) is 0.643. The molecule has 0 aromatic carbocycles. The largest absolute Gasteiger partial charge is 0.298 e. The molecule has 106 valence electrons. The van der Waals surface area contributed by atoms with Gasteiger partial charge in [-0.2, -0.15) is 0 Å². The predicted molar refractivity (Wildman–Crippen MR) is 78.9 cm³/mol. The van der Waals surface area contributed by atoms with Gasteiger partial charge in [0.15, 0.2) is 0 Å². The van der Waals surface area contributed by atoms with Crippen LogP contribution >= 0.6 is 11.3 Å². The van der Waals surface area contributed by atoms with E-state index in [1.165, 1.54) is 41.9 Å². The summed E-state index contributed by atoms with van der Waals surface area (Å²) in [7, 11) is 2.19. The lowest BCUT2D eigenvalue weighted by Crippen LogP contribution is -2.34. The number of rotatable bonds is 4. The zero-order valence-electron chi connectivity index (χ0n) is 11.7. The van der Waals surface area contributed by atoms with Gasteiger partial charge in [-0.1, -0.05) is 19.8 Å². The molecule has 19 heavy (non-hydrogen) atoms. The van der Waals surface area contributed by atoms with E-state index in [1.807, 2.05) is 12.1 Å². The lowest BCUT2D eigenvalue weighted by Gasteiger charge is -2.33. The lowest BCUT2D eigenvalue weighted by molar-refractivity contribution is 0.0957. The highest BCUT2D eigenvalue weighted by Gasteiger charge is 2.22. The Morgan fingerprint density at radius 1 is 1.53 bits per heavy atom. The van der Waals surface area contributed by atoms with Crippen molar-refractivity contribution in [2.75, 3.05) is 7.05 Å². The molecule has 1 fully saturated rings. The first-order valence-electron chi connectivity index (χ1n) is 6.90. The third-order valence-electron chi connectivity index (χ3n) is 3.95. The number of nitrogen functional groups attached to an aromatic ring is 1. The van der Waals surface area contributed by atoms with E-state index in [9.17, 15) is 4.79 Å². The normalized spacial score (nSPS) is 23.6. The first-order valence-corrected chi connectivity index (χ1v) is 7.71. The molecule has 2 unspecified atom stereocenters. The first-order chi connectivity index (χ1) is 9.10. The summed E-state index contributed by atoms with van der Waals surface area (Å²) >= 11 is 1.52. The lowest BCUT2D eigenvalue weighted by atomic mass is 9.86. The highest BCUT2D eigenvalue weighted by molar-refractivity contribution is 7.14. The number of thiophene rings is 1. The van der Waals surface area contributed by atoms with Gasteiger partial charge >= 0.3 is 0 Å². The molecular weight excluding hydrogens is 258 g/mol. The Hall–Kier alpha value is -0.910. The summed E-state index contributed by atoms with van der Waals surface area (Å²) in [4.78, 5) is 15.7. The highest BCUT2D eigenvalue weighted by Crippen LogP contribution is 2.28. The van der Waals surface area contributed by atoms with E-state index in [-0.39, 0.29) is 5.91 Å². The topological polar surface area (TPSA) is 58.4 Å². The SMILES string of the molecule is CC1CCCC(N(C)Cc2ccc(C(=O)NN)s2)C1. The molecule has 1 aromatic heterocycles. The van der Waals surface area contributed by atoms with Crippen molar-refractivity contribution >= 4 is 17.2 Å². The Balaban J connectivity index is 1.93. The van der Waals surface area contributed by atoms with Crippen LogP contribution in [0.25, 0.3) is 0 Å². The summed E-state index contributed by atoms with van der Waals surface area (Å²) in [6.07, 6.45) is 5.28. The molecule has 5 heteroatoms. The second-order valence-corrected chi connectivity index (χ2v) is 6.75. The van der Waals surface area contributed by atoms with Gasteiger partial charge in [-0.05, 0) is 37.9 Å². The number of amides is 1. The molecule has 2 rings (SSSR count). The molecule has 1 aromatic rings. The Morgan fingerprint density at radius 3 is 3.00 bits per heavy atom. The van der Waals surface area contributed by atoms with Gasteiger partial charge in [0.1, 0.15) is 0 Å². The highest BCUT2D eigenvalue weighted by atomic mass is 32.1. The van der Waals surface area contributed by atoms with Crippen LogP contribution < -0.4 is 11.3 Å². The maximum absolute atomic E-state index is 11.4. The first kappa shape index (κ1) is 14.5. The summed E-state index contributed by atoms with van der Waals surface area (Å²) in [5.74, 6) is 5.78. The molecule has 0 spiro atoms. The van der Waals surface area contributed by atoms with Crippen molar-refractivity contribution in [2.24, 2.45) is 11.8 Å². The monoisotopic (exact) mass is 281 g/mol. The zero-order valence-corrected chi connectivity index (χ0v) is 12.5. The zero-order chi connectivity index (χ0) is 13.8. The fourth-order valence-electron chi connectivity index (χ4n) is 2.83. The molecule has 1 aliphatic carbocycles. The Bertz CT molecular complexity index is 432. The van der Waals surface area contributed by atoms with Crippen molar-refractivity contribution in [1.29, 1.82) is 0 Å². The van der Waals surface area contributed by atoms with Gasteiger partial charge in [0, 0.05) is 17.5 Å². The number of nitrogens with two attached hydrogens (primary N) is 1. The van der Waals surface area contributed by atoms with Crippen LogP contribution in [0.3, 0.4) is 0 Å². The van der Waals surface area contributed by atoms with Crippen LogP contribution in [0.4, 0.5) is 0 Å². The minimum atomic E-state index is -0.204. The Kier molecular flexibility index (Phi) is 4.96. The van der Waals surface area contributed by atoms with E-state index in [2.05, 4.69) is 24.3 Å². The molecule has 4 nitrogen and oxygen atoms in total. The van der Waals surface area contributed by atoms with Crippen molar-refractivity contribution in [3.63, 3.8) is 0 Å². The van der Waals surface area contributed by atoms with E-state index >= 15 is 0 Å². The van der Waals surface area contributed by atoms with Gasteiger partial charge in [-0.3, -0.25) is 15.1 Å². The van der Waals surface area contributed by atoms with Crippen molar-refractivity contribution in [3.05, 3.63) is 21.9 Å². The standard InChI is InChI=1S/C14H23N3OS/c1-10-4-3-5-11(8-10)17(2)9-12-6-7-13(19-12)14(18)16-15/h6-7,10-11H,3-5,8-9,15H2,1-2H3,(H,16,18). The van der Waals surface area contributed by atoms with E-state index in [0.29, 0.717) is 10.9 Å². The fourth-order valence-corrected chi connectivity index (χ4v) is 3.81. The number of nitrogens with zero attached hydrogens (tertiary/aromatic N) is 1. The molecule has 0 radical (unpaired) electrons. The average molecular weight is 281 g/mol. The van der Waals surface area contributed by atoms with Crippen LogP contribution in [-0.4, -0.2) is 23.9 Å². The molecule has 1 aliphatic rings. The van der Waals surface area contributed by atoms with Gasteiger partial charge in [0.2, 0.25) is 0 Å². The second kappa shape index (κ2) is 6.50. The van der Waals surface area contributed by atoms with E-state index in [0.717, 1.165) is 12.5 Å². The van der Waals surface area contributed by atoms with Crippen LogP contribution in [-0.2, 0) is 6.54 Å². The van der Waals surface area contributed by atoms with Crippen LogP contribution in [0.2, 0.25) is 0 Å². The number of carbonyl (C=O) groups is 1. The van der Waals surface area contributed by atoms with Crippen molar-refractivity contribution < 1.29 is 4.79 Å². The van der Waals surface area contributed by atoms with Crippen molar-refractivity contribution in [2.45, 2.75) is 45.2 Å². The van der Waals surface area contributed by atoms with Crippen molar-refractivity contribution in [3.8, 4) is 0 Å². The summed E-state index contributed by atoms with van der Waals surface area (Å²) in [5, 5.41) is 0. The van der Waals surface area contributed by atoms with Gasteiger partial charge < -0.3 is 0 Å². The molecule has 1 amide bonds. The molecule has 1 saturated carbocycles. The summed E-state index contributed by atoms with van der Waals surface area (Å²) in [6.45, 7) is 3.26. The third kappa shape index (κ3) is 3.78. The molecule has 1 heterocycles. The number of hydrazine groups is 1. The molecule has 3 N–H and O–H groups in total. The summed E-state index contributed by atoms with van der Waals surface area (Å²) in [5.41, 5.74) is 2.17. The van der Waals surface area contributed by atoms with Crippen molar-refractivity contribution in [1.82, 2.24) is 10.3 Å². The van der Waals surface area contributed by atoms with Crippen LogP contribution in [0.15, 0.2) is 12.1 Å². The minimum Gasteiger partial charge on any atom is -0.298 e. The number of carbonyl (C=O) groups excluding carboxylic acids is 1. The second-order valence-electron chi connectivity index (χ2n) is 5.58. The average Bonchev–Trinajstić information content (AvgIpc) is 2.86. The molecular formula is C14H23N3OS. The minimum absolute atomic E-state index is 0.204. The Morgan fingerprint density at radius 2 is 2.32 bits per heavy atom. The van der Waals surface area contributed by atoms with E-state index < -0.39 is 0 Å². The summed E-state index contributed by atoms with van der Waals surface area (Å²) < 4.78 is 0. The smallest absolute Gasteiger partial charge is 0.275 e. The molecule has 0 saturated heterocycles. The number of hydrogen-bond donors (Lipinski definition) is 2. The third-order valence-corrected chi connectivity index (χ3v) is 5.02. The van der Waals surface area contributed by atoms with Crippen LogP contribution in [0.1, 0.15) is 47.2 Å². The molecule has 0 aliphatic heterocycles. The van der Waals surface area contributed by atoms with E-state index in [1.54, 1.807) is 0 Å². The van der Waals surface area contributed by atoms with Gasteiger partial charge in [0.05, 0.1) is 4.88 Å². The quantitative estimate of drug-likeness (QED) is 0.506. The number of nitrogens with one attached hydrogen (secondary N) is 1. The molecule has 0 bridgehead atoms. The molecule has 2 atom stereocenters. The number of hydrogen-bond acceptors (Lipinski definition) is 4. The summed E-state index contributed by atoms with van der Waals surface area (Å²) in [6, 6.07) is 4.55. The maximum Gasteiger partial charge on any atom is 0.275 e. The van der Waals surface area contributed by atoms with Gasteiger partial charge in [-0.25, -0.2) is 5.84 Å².